The Kier molecular flexibility index (Phi) is 6.26. The molecule has 4 aliphatic carbocycles. The van der Waals surface area contributed by atoms with Gasteiger partial charge in [0.2, 0.25) is 0 Å². The molecule has 0 N–H and O–H groups in total. The zero-order valence-electron chi connectivity index (χ0n) is 24.0. The van der Waals surface area contributed by atoms with E-state index in [0.717, 1.165) is 56.6 Å². The highest BCUT2D eigenvalue weighted by Gasteiger charge is 2.60. The molecule has 5 heteroatoms. The molecule has 39 heavy (non-hydrogen) atoms. The van der Waals surface area contributed by atoms with E-state index in [9.17, 15) is 9.59 Å². The van der Waals surface area contributed by atoms with Crippen molar-refractivity contribution in [2.24, 2.45) is 35.0 Å². The molecule has 1 amide bonds. The first-order valence-corrected chi connectivity index (χ1v) is 15.6. The van der Waals surface area contributed by atoms with Crippen molar-refractivity contribution in [2.45, 2.75) is 109 Å². The van der Waals surface area contributed by atoms with Crippen LogP contribution < -0.4 is 0 Å². The number of allylic oxidation sites excluding steroid dienone is 1. The number of likely N-dealkylation sites (tertiary alicyclic amines) is 1. The van der Waals surface area contributed by atoms with Crippen LogP contribution >= 0.6 is 0 Å². The molecular formula is C34H45NO4. The zero-order chi connectivity index (χ0) is 26.9. The lowest BCUT2D eigenvalue weighted by Gasteiger charge is -2.52. The molecular weight excluding hydrogens is 486 g/mol. The van der Waals surface area contributed by atoms with Gasteiger partial charge in [-0.15, -0.1) is 0 Å². The minimum atomic E-state index is -0.237. The monoisotopic (exact) mass is 531 g/mol. The van der Waals surface area contributed by atoms with Gasteiger partial charge in [-0.05, 0) is 98.0 Å². The fraction of sp³-hybridized carbons (Fsp3) is 0.706. The first-order valence-electron chi connectivity index (χ1n) is 15.6. The number of piperidine rings is 1. The molecule has 1 spiro atoms. The number of ketones is 1. The Balaban J connectivity index is 1.12. The number of ether oxygens (including phenoxy) is 2. The van der Waals surface area contributed by atoms with E-state index in [0.29, 0.717) is 41.5 Å². The van der Waals surface area contributed by atoms with E-state index < -0.39 is 0 Å². The van der Waals surface area contributed by atoms with Crippen LogP contribution in [0.25, 0.3) is 0 Å². The molecule has 7 rings (SSSR count). The molecule has 3 saturated carbocycles. The van der Waals surface area contributed by atoms with Crippen LogP contribution in [0.3, 0.4) is 0 Å². The van der Waals surface area contributed by atoms with Gasteiger partial charge in [0.05, 0.1) is 17.7 Å². The average molecular weight is 532 g/mol. The van der Waals surface area contributed by atoms with E-state index in [1.807, 2.05) is 35.2 Å². The fourth-order valence-electron chi connectivity index (χ4n) is 10.2. The van der Waals surface area contributed by atoms with Crippen LogP contribution in [0.4, 0.5) is 4.79 Å². The Labute approximate surface area is 233 Å². The maximum atomic E-state index is 13.4. The van der Waals surface area contributed by atoms with Crippen molar-refractivity contribution in [1.29, 1.82) is 0 Å². The summed E-state index contributed by atoms with van der Waals surface area (Å²) in [5, 5.41) is 0. The molecule has 1 aromatic rings. The summed E-state index contributed by atoms with van der Waals surface area (Å²) in [7, 11) is 0. The van der Waals surface area contributed by atoms with Crippen molar-refractivity contribution in [3.8, 4) is 0 Å². The Morgan fingerprint density at radius 2 is 1.95 bits per heavy atom. The standard InChI is InChI=1S/C34H45NO4/c1-21-15-31-30(35(19-21)32(37)38-20-23-7-5-4-6-8-23)18-34(39-31)14-12-26-27-10-9-24-16-25(36)11-13-33(24,3)29(27)17-28(26)22(34)2/h4-8,21,24,26-27,29-31H,9-20H2,1-3H3/t21?,24?,26?,27?,29?,30-,31?,33?,34+/m0/s1. The number of carbonyl (C=O) groups excluding carboxylic acids is 2. The first kappa shape index (κ1) is 25.8. The maximum Gasteiger partial charge on any atom is 0.410 e. The number of Topliss-reactive ketones (excluding diaryl/α,β-unsaturated/α-hetero) is 1. The number of hydrogen-bond donors (Lipinski definition) is 0. The summed E-state index contributed by atoms with van der Waals surface area (Å²) in [5.41, 5.74) is 4.26. The molecule has 6 aliphatic rings. The van der Waals surface area contributed by atoms with Gasteiger partial charge >= 0.3 is 6.09 Å². The predicted octanol–water partition coefficient (Wildman–Crippen LogP) is 7.09. The van der Waals surface area contributed by atoms with Crippen molar-refractivity contribution in [1.82, 2.24) is 4.90 Å². The smallest absolute Gasteiger partial charge is 0.410 e. The number of benzene rings is 1. The van der Waals surface area contributed by atoms with Crippen LogP contribution in [0.5, 0.6) is 0 Å². The Morgan fingerprint density at radius 1 is 1.13 bits per heavy atom. The van der Waals surface area contributed by atoms with Gasteiger partial charge < -0.3 is 14.4 Å². The highest BCUT2D eigenvalue weighted by molar-refractivity contribution is 5.79. The summed E-state index contributed by atoms with van der Waals surface area (Å²) in [6.07, 6.45) is 10.5. The molecule has 0 radical (unpaired) electrons. The molecule has 7 unspecified atom stereocenters. The van der Waals surface area contributed by atoms with Crippen LogP contribution in [0, 0.1) is 35.0 Å². The summed E-state index contributed by atoms with van der Waals surface area (Å²) in [4.78, 5) is 27.7. The van der Waals surface area contributed by atoms with E-state index in [-0.39, 0.29) is 23.8 Å². The molecule has 2 aliphatic heterocycles. The second-order valence-corrected chi connectivity index (χ2v) is 14.2. The third-order valence-electron chi connectivity index (χ3n) is 12.3. The topological polar surface area (TPSA) is 55.8 Å². The summed E-state index contributed by atoms with van der Waals surface area (Å²) in [5.74, 6) is 3.64. The molecule has 9 atom stereocenters. The van der Waals surface area contributed by atoms with Crippen LogP contribution in [-0.4, -0.2) is 41.1 Å². The third-order valence-corrected chi connectivity index (χ3v) is 12.3. The lowest BCUT2D eigenvalue weighted by atomic mass is 9.52. The van der Waals surface area contributed by atoms with Crippen LogP contribution in [-0.2, 0) is 20.9 Å². The highest BCUT2D eigenvalue weighted by Crippen LogP contribution is 2.65. The lowest BCUT2D eigenvalue weighted by molar-refractivity contribution is -0.129. The SMILES string of the molecule is CC1=C2CC3C(CCC4CC(=O)CCC43C)C2CC[C@@]12C[C@H]1C(CC(C)CN1C(=O)OCc1ccccc1)O2. The second kappa shape index (κ2) is 9.46. The number of hydrogen-bond acceptors (Lipinski definition) is 4. The Morgan fingerprint density at radius 3 is 2.77 bits per heavy atom. The quantitative estimate of drug-likeness (QED) is 0.382. The number of fused-ring (bicyclic) bond motifs is 6. The van der Waals surface area contributed by atoms with Gasteiger partial charge in [0.1, 0.15) is 12.4 Å². The third kappa shape index (κ3) is 4.12. The molecule has 0 bridgehead atoms. The van der Waals surface area contributed by atoms with Crippen molar-refractivity contribution < 1.29 is 19.1 Å². The maximum absolute atomic E-state index is 13.4. The fourth-order valence-corrected chi connectivity index (χ4v) is 10.2. The van der Waals surface area contributed by atoms with Gasteiger partial charge in [-0.1, -0.05) is 49.8 Å². The lowest BCUT2D eigenvalue weighted by Crippen LogP contribution is -2.51. The van der Waals surface area contributed by atoms with E-state index >= 15 is 0 Å². The van der Waals surface area contributed by atoms with Crippen molar-refractivity contribution >= 4 is 11.9 Å². The Hall–Kier alpha value is -2.14. The largest absolute Gasteiger partial charge is 0.445 e. The van der Waals surface area contributed by atoms with Crippen LogP contribution in [0.15, 0.2) is 41.5 Å². The minimum Gasteiger partial charge on any atom is -0.445 e. The van der Waals surface area contributed by atoms with Gasteiger partial charge in [0, 0.05) is 25.8 Å². The Bertz CT molecular complexity index is 1180. The molecule has 2 heterocycles. The van der Waals surface area contributed by atoms with Gasteiger partial charge in [-0.2, -0.15) is 0 Å². The van der Waals surface area contributed by atoms with E-state index in [4.69, 9.17) is 9.47 Å². The summed E-state index contributed by atoms with van der Waals surface area (Å²) >= 11 is 0. The van der Waals surface area contributed by atoms with E-state index in [2.05, 4.69) is 20.8 Å². The van der Waals surface area contributed by atoms with Crippen molar-refractivity contribution in [2.75, 3.05) is 6.54 Å². The number of carbonyl (C=O) groups is 2. The van der Waals surface area contributed by atoms with Crippen LogP contribution in [0.1, 0.15) is 90.5 Å². The molecule has 5 fully saturated rings. The molecule has 0 aromatic heterocycles. The molecule has 5 nitrogen and oxygen atoms in total. The van der Waals surface area contributed by atoms with Gasteiger partial charge in [0.25, 0.3) is 0 Å². The van der Waals surface area contributed by atoms with Crippen LogP contribution in [0.2, 0.25) is 0 Å². The van der Waals surface area contributed by atoms with Crippen molar-refractivity contribution in [3.63, 3.8) is 0 Å². The van der Waals surface area contributed by atoms with Gasteiger partial charge in [-0.25, -0.2) is 4.79 Å². The predicted molar refractivity (Wildman–Crippen MR) is 150 cm³/mol. The zero-order valence-corrected chi connectivity index (χ0v) is 24.0. The summed E-state index contributed by atoms with van der Waals surface area (Å²) < 4.78 is 12.9. The number of nitrogens with zero attached hydrogens (tertiary/aromatic N) is 1. The van der Waals surface area contributed by atoms with E-state index in [1.165, 1.54) is 31.3 Å². The first-order chi connectivity index (χ1) is 18.8. The second-order valence-electron chi connectivity index (χ2n) is 14.2. The van der Waals surface area contributed by atoms with Crippen molar-refractivity contribution in [3.05, 3.63) is 47.0 Å². The van der Waals surface area contributed by atoms with Gasteiger partial charge in [-0.3, -0.25) is 4.79 Å². The number of rotatable bonds is 2. The average Bonchev–Trinajstić information content (AvgIpc) is 3.50. The molecule has 1 aromatic carbocycles. The molecule has 2 saturated heterocycles. The summed E-state index contributed by atoms with van der Waals surface area (Å²) in [6, 6.07) is 10.0. The normalized spacial score (nSPS) is 43.1. The summed E-state index contributed by atoms with van der Waals surface area (Å²) in [6.45, 7) is 8.17. The molecule has 210 valence electrons. The highest BCUT2D eigenvalue weighted by atomic mass is 16.6. The van der Waals surface area contributed by atoms with Gasteiger partial charge in [0.15, 0.2) is 0 Å². The minimum absolute atomic E-state index is 0.0834. The number of amides is 1. The van der Waals surface area contributed by atoms with E-state index in [1.54, 1.807) is 5.57 Å².